The normalized spacial score (nSPS) is 58.2. The molecule has 0 amide bonds. The minimum absolute atomic E-state index is 0.571. The van der Waals surface area contributed by atoms with E-state index in [2.05, 4.69) is 34.3 Å². The molecule has 0 saturated heterocycles. The van der Waals surface area contributed by atoms with Crippen LogP contribution in [0.1, 0.15) is 34.1 Å². The Hall–Kier alpha value is -0.260. The monoisotopic (exact) mass is 164 g/mol. The number of fused-ring (bicyclic) bond motifs is 2. The molecule has 2 fully saturated rings. The Labute approximate surface area is 76.1 Å². The Morgan fingerprint density at radius 3 is 2.33 bits per heavy atom. The molecule has 0 aromatic rings. The summed E-state index contributed by atoms with van der Waals surface area (Å²) in [6.45, 7) is 13.9. The molecule has 12 heavy (non-hydrogen) atoms. The Kier molecular flexibility index (Phi) is 1.50. The Morgan fingerprint density at radius 2 is 1.92 bits per heavy atom. The molecule has 0 aliphatic heterocycles. The van der Waals surface area contributed by atoms with Crippen LogP contribution < -0.4 is 0 Å². The van der Waals surface area contributed by atoms with Gasteiger partial charge in [-0.05, 0) is 35.5 Å². The fraction of sp³-hybridized carbons (Fsp3) is 0.833. The summed E-state index contributed by atoms with van der Waals surface area (Å²) in [6, 6.07) is 0. The second kappa shape index (κ2) is 2.16. The summed E-state index contributed by atoms with van der Waals surface area (Å²) in [7, 11) is 0. The van der Waals surface area contributed by atoms with Crippen LogP contribution in [0.3, 0.4) is 0 Å². The number of rotatable bonds is 0. The smallest absolute Gasteiger partial charge is 0.0169 e. The van der Waals surface area contributed by atoms with Crippen LogP contribution in [0.4, 0.5) is 0 Å². The topological polar surface area (TPSA) is 0 Å². The van der Waals surface area contributed by atoms with Crippen LogP contribution in [0.25, 0.3) is 0 Å². The van der Waals surface area contributed by atoms with E-state index in [-0.39, 0.29) is 0 Å². The molecule has 0 spiro atoms. The van der Waals surface area contributed by atoms with Crippen LogP contribution in [-0.4, -0.2) is 0 Å². The van der Waals surface area contributed by atoms with Crippen LogP contribution in [0, 0.1) is 29.1 Å². The average molecular weight is 164 g/mol. The summed E-state index contributed by atoms with van der Waals surface area (Å²) in [5.74, 6) is 3.36. The summed E-state index contributed by atoms with van der Waals surface area (Å²) < 4.78 is 0. The van der Waals surface area contributed by atoms with E-state index in [0.717, 1.165) is 23.7 Å². The zero-order chi connectivity index (χ0) is 9.09. The minimum atomic E-state index is 0.571. The quantitative estimate of drug-likeness (QED) is 0.481. The predicted molar refractivity (Wildman–Crippen MR) is 52.8 cm³/mol. The third kappa shape index (κ3) is 0.694. The van der Waals surface area contributed by atoms with E-state index in [9.17, 15) is 0 Å². The van der Waals surface area contributed by atoms with Crippen LogP contribution in [0.15, 0.2) is 12.2 Å². The molecule has 68 valence electrons. The molecule has 0 aromatic carbocycles. The molecule has 0 aromatic heterocycles. The molecule has 2 aliphatic carbocycles. The molecule has 2 rings (SSSR count). The first-order valence-corrected chi connectivity index (χ1v) is 5.17. The maximum absolute atomic E-state index is 4.25. The lowest BCUT2D eigenvalue weighted by Gasteiger charge is -2.39. The standard InChI is InChI=1S/C12H20/c1-7-9(3)12(5)6-11(7)8(2)10(12)4/h8-11H,1,6H2,2-5H3. The van der Waals surface area contributed by atoms with E-state index in [1.807, 2.05) is 0 Å². The van der Waals surface area contributed by atoms with Crippen molar-refractivity contribution in [2.75, 3.05) is 0 Å². The van der Waals surface area contributed by atoms with E-state index in [1.54, 1.807) is 0 Å². The van der Waals surface area contributed by atoms with Gasteiger partial charge in [0.25, 0.3) is 0 Å². The van der Waals surface area contributed by atoms with E-state index in [1.165, 1.54) is 12.0 Å². The number of hydrogen-bond acceptors (Lipinski definition) is 0. The second-order valence-electron chi connectivity index (χ2n) is 5.26. The van der Waals surface area contributed by atoms with Crippen molar-refractivity contribution in [1.29, 1.82) is 0 Å². The van der Waals surface area contributed by atoms with Crippen molar-refractivity contribution in [3.63, 3.8) is 0 Å². The lowest BCUT2D eigenvalue weighted by atomic mass is 9.66. The van der Waals surface area contributed by atoms with Gasteiger partial charge in [-0.3, -0.25) is 0 Å². The number of hydrogen-bond donors (Lipinski definition) is 0. The highest BCUT2D eigenvalue weighted by Crippen LogP contribution is 2.64. The van der Waals surface area contributed by atoms with Gasteiger partial charge >= 0.3 is 0 Å². The lowest BCUT2D eigenvalue weighted by Crippen LogP contribution is -2.32. The summed E-state index contributed by atoms with van der Waals surface area (Å²) in [5.41, 5.74) is 2.10. The van der Waals surface area contributed by atoms with Crippen molar-refractivity contribution >= 4 is 0 Å². The lowest BCUT2D eigenvalue weighted by molar-refractivity contribution is 0.146. The van der Waals surface area contributed by atoms with Gasteiger partial charge in [-0.25, -0.2) is 0 Å². The largest absolute Gasteiger partial charge is 0.0993 e. The number of allylic oxidation sites excluding steroid dienone is 1. The van der Waals surface area contributed by atoms with Gasteiger partial charge in [0.15, 0.2) is 0 Å². The van der Waals surface area contributed by atoms with Gasteiger partial charge in [0.1, 0.15) is 0 Å². The summed E-state index contributed by atoms with van der Waals surface area (Å²) in [6.07, 6.45) is 1.40. The predicted octanol–water partition coefficient (Wildman–Crippen LogP) is 3.49. The van der Waals surface area contributed by atoms with Crippen LogP contribution in [0.5, 0.6) is 0 Å². The molecule has 0 heterocycles. The Balaban J connectivity index is 2.39. The van der Waals surface area contributed by atoms with Crippen molar-refractivity contribution in [1.82, 2.24) is 0 Å². The molecule has 0 N–H and O–H groups in total. The highest BCUT2D eigenvalue weighted by atomic mass is 14.6. The van der Waals surface area contributed by atoms with Gasteiger partial charge < -0.3 is 0 Å². The third-order valence-electron chi connectivity index (χ3n) is 5.14. The van der Waals surface area contributed by atoms with Crippen molar-refractivity contribution < 1.29 is 0 Å². The molecule has 0 heteroatoms. The minimum Gasteiger partial charge on any atom is -0.0993 e. The van der Waals surface area contributed by atoms with Crippen molar-refractivity contribution in [3.05, 3.63) is 12.2 Å². The van der Waals surface area contributed by atoms with E-state index >= 15 is 0 Å². The van der Waals surface area contributed by atoms with Gasteiger partial charge in [-0.1, -0.05) is 39.8 Å². The van der Waals surface area contributed by atoms with Crippen molar-refractivity contribution in [2.45, 2.75) is 34.1 Å². The average Bonchev–Trinajstić information content (AvgIpc) is 2.39. The van der Waals surface area contributed by atoms with Crippen molar-refractivity contribution in [3.8, 4) is 0 Å². The first-order valence-electron chi connectivity index (χ1n) is 5.17. The van der Waals surface area contributed by atoms with E-state index in [4.69, 9.17) is 0 Å². The Bertz CT molecular complexity index is 228. The maximum Gasteiger partial charge on any atom is -0.0169 e. The van der Waals surface area contributed by atoms with Gasteiger partial charge in [-0.2, -0.15) is 0 Å². The molecule has 5 unspecified atom stereocenters. The molecule has 2 saturated carbocycles. The van der Waals surface area contributed by atoms with Gasteiger partial charge in [-0.15, -0.1) is 0 Å². The molecule has 2 bridgehead atoms. The SMILES string of the molecule is C=C1C2CC(C)(C1C)C(C)C2C. The van der Waals surface area contributed by atoms with Crippen molar-refractivity contribution in [2.24, 2.45) is 29.1 Å². The van der Waals surface area contributed by atoms with E-state index in [0.29, 0.717) is 5.41 Å². The molecular weight excluding hydrogens is 144 g/mol. The zero-order valence-corrected chi connectivity index (χ0v) is 8.72. The van der Waals surface area contributed by atoms with Gasteiger partial charge in [0, 0.05) is 0 Å². The van der Waals surface area contributed by atoms with Crippen LogP contribution in [0.2, 0.25) is 0 Å². The second-order valence-corrected chi connectivity index (χ2v) is 5.26. The molecule has 0 nitrogen and oxygen atoms in total. The highest BCUT2D eigenvalue weighted by molar-refractivity contribution is 5.24. The first-order chi connectivity index (χ1) is 5.48. The van der Waals surface area contributed by atoms with Crippen LogP contribution in [-0.2, 0) is 0 Å². The zero-order valence-electron chi connectivity index (χ0n) is 8.72. The molecular formula is C12H20. The van der Waals surface area contributed by atoms with Gasteiger partial charge in [0.05, 0.1) is 0 Å². The molecule has 2 aliphatic rings. The third-order valence-corrected chi connectivity index (χ3v) is 5.14. The fourth-order valence-corrected chi connectivity index (χ4v) is 3.58. The van der Waals surface area contributed by atoms with Crippen LogP contribution >= 0.6 is 0 Å². The van der Waals surface area contributed by atoms with Gasteiger partial charge in [0.2, 0.25) is 0 Å². The summed E-state index contributed by atoms with van der Waals surface area (Å²) in [4.78, 5) is 0. The summed E-state index contributed by atoms with van der Waals surface area (Å²) >= 11 is 0. The summed E-state index contributed by atoms with van der Waals surface area (Å²) in [5, 5.41) is 0. The molecule has 5 atom stereocenters. The van der Waals surface area contributed by atoms with E-state index < -0.39 is 0 Å². The highest BCUT2D eigenvalue weighted by Gasteiger charge is 2.56. The Morgan fingerprint density at radius 1 is 1.33 bits per heavy atom. The molecule has 0 radical (unpaired) electrons. The maximum atomic E-state index is 4.25. The fourth-order valence-electron chi connectivity index (χ4n) is 3.58. The first kappa shape index (κ1) is 8.34.